The predicted octanol–water partition coefficient (Wildman–Crippen LogP) is 4.16. The third-order valence-electron chi connectivity index (χ3n) is 4.92. The lowest BCUT2D eigenvalue weighted by Crippen LogP contribution is -2.53. The fraction of sp³-hybridized carbons (Fsp3) is 0.0870. The smallest absolute Gasteiger partial charge is 0.265 e. The van der Waals surface area contributed by atoms with Gasteiger partial charge >= 0.3 is 0 Å². The highest BCUT2D eigenvalue weighted by molar-refractivity contribution is 7.80. The van der Waals surface area contributed by atoms with Crippen molar-refractivity contribution in [3.05, 3.63) is 89.1 Å². The van der Waals surface area contributed by atoms with Crippen molar-refractivity contribution in [3.63, 3.8) is 0 Å². The first-order chi connectivity index (χ1) is 14.5. The van der Waals surface area contributed by atoms with Gasteiger partial charge in [-0.1, -0.05) is 54.1 Å². The molecule has 1 saturated heterocycles. The molecule has 30 heavy (non-hydrogen) atoms. The van der Waals surface area contributed by atoms with Gasteiger partial charge in [0.15, 0.2) is 5.11 Å². The van der Waals surface area contributed by atoms with E-state index in [9.17, 15) is 9.59 Å². The number of carbonyl (C=O) groups is 2. The van der Waals surface area contributed by atoms with Gasteiger partial charge in [0.2, 0.25) is 0 Å². The number of hydrogen-bond donors (Lipinski definition) is 1. The Kier molecular flexibility index (Phi) is 5.53. The lowest BCUT2D eigenvalue weighted by molar-refractivity contribution is -0.128. The first-order valence-electron chi connectivity index (χ1n) is 9.30. The zero-order valence-electron chi connectivity index (χ0n) is 16.0. The molecule has 150 valence electrons. The third-order valence-corrected chi connectivity index (χ3v) is 5.61. The molecule has 1 N–H and O–H groups in total. The highest BCUT2D eigenvalue weighted by Crippen LogP contribution is 2.27. The van der Waals surface area contributed by atoms with Crippen molar-refractivity contribution in [3.8, 4) is 0 Å². The van der Waals surface area contributed by atoms with Gasteiger partial charge in [-0.05, 0) is 36.0 Å². The number of nitrogens with one attached hydrogen (secondary N) is 1. The summed E-state index contributed by atoms with van der Waals surface area (Å²) in [6.45, 7) is 4.43. The van der Waals surface area contributed by atoms with Crippen LogP contribution in [0.5, 0.6) is 0 Å². The van der Waals surface area contributed by atoms with Crippen molar-refractivity contribution in [1.29, 1.82) is 0 Å². The molecule has 0 aliphatic carbocycles. The summed E-state index contributed by atoms with van der Waals surface area (Å²) in [4.78, 5) is 26.7. The molecule has 1 aromatic heterocycles. The maximum atomic E-state index is 12.9. The van der Waals surface area contributed by atoms with Crippen molar-refractivity contribution in [2.45, 2.75) is 6.54 Å². The van der Waals surface area contributed by atoms with E-state index in [1.165, 1.54) is 4.90 Å². The summed E-state index contributed by atoms with van der Waals surface area (Å²) in [5, 5.41) is 4.28. The molecule has 0 bridgehead atoms. The SMILES string of the molecule is C=CCN1C(=O)/C(=C/c2cn(Cc3ccccc3Cl)c3ccccc23)C(=O)NC1=S. The summed E-state index contributed by atoms with van der Waals surface area (Å²) in [6, 6.07) is 15.5. The van der Waals surface area contributed by atoms with E-state index in [4.69, 9.17) is 23.8 Å². The van der Waals surface area contributed by atoms with Gasteiger partial charge in [0.05, 0.1) is 0 Å². The van der Waals surface area contributed by atoms with Crippen molar-refractivity contribution in [1.82, 2.24) is 14.8 Å². The number of aromatic nitrogens is 1. The van der Waals surface area contributed by atoms with E-state index in [2.05, 4.69) is 16.5 Å². The molecule has 1 aliphatic heterocycles. The van der Waals surface area contributed by atoms with Gasteiger partial charge in [-0.25, -0.2) is 0 Å². The Morgan fingerprint density at radius 3 is 2.60 bits per heavy atom. The monoisotopic (exact) mass is 435 g/mol. The first-order valence-corrected chi connectivity index (χ1v) is 10.1. The van der Waals surface area contributed by atoms with Crippen LogP contribution in [0.3, 0.4) is 0 Å². The van der Waals surface area contributed by atoms with Crippen LogP contribution in [0.15, 0.2) is 73.0 Å². The Hall–Kier alpha value is -3.22. The Labute approximate surface area is 184 Å². The van der Waals surface area contributed by atoms with Gasteiger partial charge in [-0.2, -0.15) is 0 Å². The summed E-state index contributed by atoms with van der Waals surface area (Å²) in [6.07, 6.45) is 5.10. The van der Waals surface area contributed by atoms with Crippen molar-refractivity contribution < 1.29 is 9.59 Å². The lowest BCUT2D eigenvalue weighted by atomic mass is 10.1. The summed E-state index contributed by atoms with van der Waals surface area (Å²) < 4.78 is 2.06. The van der Waals surface area contributed by atoms with Crippen molar-refractivity contribution in [2.75, 3.05) is 6.54 Å². The maximum Gasteiger partial charge on any atom is 0.265 e. The minimum atomic E-state index is -0.506. The molecular weight excluding hydrogens is 418 g/mol. The first kappa shape index (κ1) is 20.1. The molecule has 3 aromatic rings. The summed E-state index contributed by atoms with van der Waals surface area (Å²) in [7, 11) is 0. The number of para-hydroxylation sites is 1. The quantitative estimate of drug-likeness (QED) is 0.283. The lowest BCUT2D eigenvalue weighted by Gasteiger charge is -2.27. The summed E-state index contributed by atoms with van der Waals surface area (Å²) in [5.41, 5.74) is 2.76. The van der Waals surface area contributed by atoms with Crippen LogP contribution in [-0.4, -0.2) is 32.9 Å². The predicted molar refractivity (Wildman–Crippen MR) is 123 cm³/mol. The molecule has 2 heterocycles. The fourth-order valence-corrected chi connectivity index (χ4v) is 3.92. The van der Waals surface area contributed by atoms with Gasteiger partial charge in [0, 0.05) is 40.8 Å². The molecule has 0 saturated carbocycles. The van der Waals surface area contributed by atoms with E-state index < -0.39 is 11.8 Å². The van der Waals surface area contributed by atoms with E-state index in [1.54, 1.807) is 12.2 Å². The standard InChI is InChI=1S/C23H18ClN3O2S/c1-2-11-27-22(29)18(21(28)25-23(27)30)12-16-14-26(20-10-6-4-8-17(16)20)13-15-7-3-5-9-19(15)24/h2-10,12,14H,1,11,13H2,(H,25,28,30)/b18-12+. The molecule has 1 fully saturated rings. The number of nitrogens with zero attached hydrogens (tertiary/aromatic N) is 2. The average Bonchev–Trinajstić information content (AvgIpc) is 3.07. The molecule has 1 aliphatic rings. The largest absolute Gasteiger partial charge is 0.342 e. The van der Waals surface area contributed by atoms with E-state index >= 15 is 0 Å². The number of carbonyl (C=O) groups excluding carboxylic acids is 2. The van der Waals surface area contributed by atoms with Crippen LogP contribution in [0, 0.1) is 0 Å². The fourth-order valence-electron chi connectivity index (χ4n) is 3.48. The third kappa shape index (κ3) is 3.67. The highest BCUT2D eigenvalue weighted by Gasteiger charge is 2.32. The van der Waals surface area contributed by atoms with Crippen LogP contribution in [0.25, 0.3) is 17.0 Å². The molecule has 7 heteroatoms. The zero-order chi connectivity index (χ0) is 21.3. The van der Waals surface area contributed by atoms with E-state index in [0.717, 1.165) is 22.0 Å². The van der Waals surface area contributed by atoms with Crippen LogP contribution in [0.4, 0.5) is 0 Å². The molecular formula is C23H18ClN3O2S. The second-order valence-corrected chi connectivity index (χ2v) is 7.64. The Bertz CT molecular complexity index is 1230. The van der Waals surface area contributed by atoms with E-state index in [-0.39, 0.29) is 17.2 Å². The molecule has 0 radical (unpaired) electrons. The van der Waals surface area contributed by atoms with E-state index in [0.29, 0.717) is 11.6 Å². The van der Waals surface area contributed by atoms with Crippen molar-refractivity contribution in [2.24, 2.45) is 0 Å². The minimum absolute atomic E-state index is 0.0334. The topological polar surface area (TPSA) is 54.3 Å². The van der Waals surface area contributed by atoms with Crippen LogP contribution in [-0.2, 0) is 16.1 Å². The molecule has 5 nitrogen and oxygen atoms in total. The zero-order valence-corrected chi connectivity index (χ0v) is 17.5. The normalized spacial score (nSPS) is 15.7. The Balaban J connectivity index is 1.79. The van der Waals surface area contributed by atoms with E-state index in [1.807, 2.05) is 54.7 Å². The van der Waals surface area contributed by atoms with Gasteiger partial charge < -0.3 is 4.57 Å². The van der Waals surface area contributed by atoms with Gasteiger partial charge in [0.25, 0.3) is 11.8 Å². The number of thiocarbonyl (C=S) groups is 1. The molecule has 4 rings (SSSR count). The number of rotatable bonds is 5. The van der Waals surface area contributed by atoms with Gasteiger partial charge in [0.1, 0.15) is 5.57 Å². The molecule has 2 aromatic carbocycles. The molecule has 0 spiro atoms. The maximum absolute atomic E-state index is 12.9. The number of benzene rings is 2. The summed E-state index contributed by atoms with van der Waals surface area (Å²) >= 11 is 11.4. The van der Waals surface area contributed by atoms with Gasteiger partial charge in [-0.15, -0.1) is 6.58 Å². The molecule has 2 amide bonds. The number of halogens is 1. The highest BCUT2D eigenvalue weighted by atomic mass is 35.5. The minimum Gasteiger partial charge on any atom is -0.342 e. The Morgan fingerprint density at radius 2 is 1.83 bits per heavy atom. The average molecular weight is 436 g/mol. The molecule has 0 atom stereocenters. The second-order valence-electron chi connectivity index (χ2n) is 6.84. The van der Waals surface area contributed by atoms with Gasteiger partial charge in [-0.3, -0.25) is 19.8 Å². The summed E-state index contributed by atoms with van der Waals surface area (Å²) in [5.74, 6) is -0.945. The number of fused-ring (bicyclic) bond motifs is 1. The van der Waals surface area contributed by atoms with Crippen LogP contribution in [0.1, 0.15) is 11.1 Å². The van der Waals surface area contributed by atoms with Crippen molar-refractivity contribution >= 4 is 57.7 Å². The second kappa shape index (κ2) is 8.26. The Morgan fingerprint density at radius 1 is 1.10 bits per heavy atom. The molecule has 0 unspecified atom stereocenters. The number of hydrogen-bond acceptors (Lipinski definition) is 3. The number of amides is 2. The van der Waals surface area contributed by atoms with Crippen LogP contribution in [0.2, 0.25) is 5.02 Å². The van der Waals surface area contributed by atoms with Crippen LogP contribution < -0.4 is 5.32 Å². The van der Waals surface area contributed by atoms with Crippen LogP contribution >= 0.6 is 23.8 Å².